The minimum absolute atomic E-state index is 0.000955. The van der Waals surface area contributed by atoms with Crippen LogP contribution >= 0.6 is 11.3 Å². The van der Waals surface area contributed by atoms with Crippen molar-refractivity contribution in [1.82, 2.24) is 9.88 Å². The van der Waals surface area contributed by atoms with E-state index in [1.807, 2.05) is 13.1 Å². The molecule has 0 saturated heterocycles. The van der Waals surface area contributed by atoms with Crippen LogP contribution in [0.3, 0.4) is 0 Å². The van der Waals surface area contributed by atoms with Crippen LogP contribution < -0.4 is 5.32 Å². The second kappa shape index (κ2) is 8.17. The zero-order valence-electron chi connectivity index (χ0n) is 16.6. The number of benzene rings is 1. The predicted molar refractivity (Wildman–Crippen MR) is 118 cm³/mol. The average molecular weight is 406 g/mol. The van der Waals surface area contributed by atoms with Crippen LogP contribution in [0.2, 0.25) is 0 Å². The molecule has 2 aromatic heterocycles. The molecule has 0 aliphatic carbocycles. The molecule has 1 aliphatic rings. The molecule has 0 fully saturated rings. The van der Waals surface area contributed by atoms with Crippen LogP contribution in [-0.2, 0) is 22.4 Å². The van der Waals surface area contributed by atoms with E-state index in [0.717, 1.165) is 17.5 Å². The first kappa shape index (κ1) is 19.3. The molecular formula is C23H23N3O2S. The Labute approximate surface area is 174 Å². The Balaban J connectivity index is 1.38. The summed E-state index contributed by atoms with van der Waals surface area (Å²) in [5, 5.41) is 4.07. The van der Waals surface area contributed by atoms with Crippen LogP contribution in [0.15, 0.2) is 42.6 Å². The van der Waals surface area contributed by atoms with Crippen LogP contribution in [-0.4, -0.2) is 35.3 Å². The molecule has 0 unspecified atom stereocenters. The first-order chi connectivity index (χ1) is 14.0. The van der Waals surface area contributed by atoms with Crippen LogP contribution in [0.25, 0.3) is 16.2 Å². The number of amides is 2. The molecule has 3 aromatic rings. The van der Waals surface area contributed by atoms with Gasteiger partial charge in [-0.05, 0) is 60.1 Å². The molecule has 0 radical (unpaired) electrons. The van der Waals surface area contributed by atoms with E-state index in [4.69, 9.17) is 0 Å². The lowest BCUT2D eigenvalue weighted by Crippen LogP contribution is -2.27. The van der Waals surface area contributed by atoms with E-state index in [1.54, 1.807) is 34.6 Å². The fourth-order valence-corrected chi connectivity index (χ4v) is 4.70. The highest BCUT2D eigenvalue weighted by Gasteiger charge is 2.16. The lowest BCUT2D eigenvalue weighted by Gasteiger charge is -2.16. The maximum absolute atomic E-state index is 12.5. The van der Waals surface area contributed by atoms with Crippen molar-refractivity contribution >= 4 is 45.1 Å². The average Bonchev–Trinajstić information content (AvgIpc) is 3.06. The molecule has 1 N–H and O–H groups in total. The molecule has 6 heteroatoms. The Hall–Kier alpha value is -2.99. The Kier molecular flexibility index (Phi) is 5.45. The molecule has 5 nitrogen and oxygen atoms in total. The fourth-order valence-electron chi connectivity index (χ4n) is 3.50. The van der Waals surface area contributed by atoms with Gasteiger partial charge in [-0.15, -0.1) is 11.3 Å². The maximum Gasteiger partial charge on any atom is 0.246 e. The van der Waals surface area contributed by atoms with Gasteiger partial charge in [-0.3, -0.25) is 9.59 Å². The van der Waals surface area contributed by atoms with Gasteiger partial charge in [0, 0.05) is 41.9 Å². The highest BCUT2D eigenvalue weighted by Crippen LogP contribution is 2.30. The fraction of sp³-hybridized carbons (Fsp3) is 0.261. The number of hydrogen-bond donors (Lipinski definition) is 1. The third-order valence-corrected chi connectivity index (χ3v) is 6.61. The number of likely N-dealkylation sites (N-methyl/N-ethyl adjacent to an activating group) is 1. The van der Waals surface area contributed by atoms with Gasteiger partial charge < -0.3 is 10.2 Å². The molecule has 0 spiro atoms. The molecule has 0 saturated carbocycles. The van der Waals surface area contributed by atoms with Gasteiger partial charge in [0.05, 0.1) is 0 Å². The van der Waals surface area contributed by atoms with Gasteiger partial charge >= 0.3 is 0 Å². The van der Waals surface area contributed by atoms with Crippen LogP contribution in [0, 0.1) is 6.92 Å². The predicted octanol–water partition coefficient (Wildman–Crippen LogP) is 4.20. The summed E-state index contributed by atoms with van der Waals surface area (Å²) in [5.41, 5.74) is 3.18. The maximum atomic E-state index is 12.5. The number of carbonyl (C=O) groups is 2. The third kappa shape index (κ3) is 4.22. The molecule has 4 rings (SSSR count). The quantitative estimate of drug-likeness (QED) is 0.647. The Morgan fingerprint density at radius 2 is 2.14 bits per heavy atom. The number of thiophene rings is 1. The molecule has 148 valence electrons. The smallest absolute Gasteiger partial charge is 0.246 e. The summed E-state index contributed by atoms with van der Waals surface area (Å²) < 4.78 is 1.30. The number of nitrogens with zero attached hydrogens (tertiary/aromatic N) is 2. The van der Waals surface area contributed by atoms with Crippen LogP contribution in [0.5, 0.6) is 0 Å². The van der Waals surface area contributed by atoms with Gasteiger partial charge in [0.1, 0.15) is 5.82 Å². The number of hydrogen-bond acceptors (Lipinski definition) is 4. The van der Waals surface area contributed by atoms with Crippen LogP contribution in [0.4, 0.5) is 5.82 Å². The van der Waals surface area contributed by atoms with E-state index >= 15 is 0 Å². The minimum Gasteiger partial charge on any atom is -0.342 e. The number of aromatic nitrogens is 1. The van der Waals surface area contributed by atoms with Crippen molar-refractivity contribution in [3.05, 3.63) is 64.2 Å². The Morgan fingerprint density at radius 1 is 1.31 bits per heavy atom. The van der Waals surface area contributed by atoms with E-state index in [2.05, 4.69) is 41.5 Å². The molecule has 1 aliphatic heterocycles. The van der Waals surface area contributed by atoms with E-state index in [9.17, 15) is 9.59 Å². The normalized spacial score (nSPS) is 13.5. The summed E-state index contributed by atoms with van der Waals surface area (Å²) in [6, 6.07) is 10.4. The van der Waals surface area contributed by atoms with Gasteiger partial charge in [0.15, 0.2) is 0 Å². The number of carbonyl (C=O) groups excluding carboxylic acids is 2. The van der Waals surface area contributed by atoms with Gasteiger partial charge in [0.25, 0.3) is 0 Å². The second-order valence-electron chi connectivity index (χ2n) is 7.31. The third-order valence-electron chi connectivity index (χ3n) is 5.28. The first-order valence-electron chi connectivity index (χ1n) is 9.70. The van der Waals surface area contributed by atoms with Gasteiger partial charge in [-0.25, -0.2) is 4.98 Å². The lowest BCUT2D eigenvalue weighted by atomic mass is 10.0. The zero-order chi connectivity index (χ0) is 20.4. The van der Waals surface area contributed by atoms with Crippen molar-refractivity contribution in [3.8, 4) is 0 Å². The van der Waals surface area contributed by atoms with Crippen molar-refractivity contribution in [2.45, 2.75) is 26.2 Å². The van der Waals surface area contributed by atoms with E-state index in [0.29, 0.717) is 25.2 Å². The number of rotatable bonds is 5. The molecule has 1 aromatic carbocycles. The summed E-state index contributed by atoms with van der Waals surface area (Å²) in [4.78, 5) is 31.3. The van der Waals surface area contributed by atoms with Gasteiger partial charge in [-0.1, -0.05) is 18.2 Å². The Morgan fingerprint density at radius 3 is 2.97 bits per heavy atom. The SMILES string of the molecule is Cc1c(CCN(C)C(=O)C=Cc2cnc3c(c2)CCC(=O)N3)sc2ccccc12. The van der Waals surface area contributed by atoms with E-state index in [-0.39, 0.29) is 11.8 Å². The largest absolute Gasteiger partial charge is 0.342 e. The topological polar surface area (TPSA) is 62.3 Å². The van der Waals surface area contributed by atoms with E-state index in [1.165, 1.54) is 20.5 Å². The van der Waals surface area contributed by atoms with Gasteiger partial charge in [-0.2, -0.15) is 0 Å². The molecule has 0 atom stereocenters. The zero-order valence-corrected chi connectivity index (χ0v) is 17.4. The summed E-state index contributed by atoms with van der Waals surface area (Å²) >= 11 is 1.81. The standard InChI is InChI=1S/C23H23N3O2S/c1-15-18-5-3-4-6-20(18)29-19(15)11-12-26(2)22(28)10-7-16-13-17-8-9-21(27)25-23(17)24-14-16/h3-7,10,13-14H,8-9,11-12H2,1-2H3,(H,24,25,27). The summed E-state index contributed by atoms with van der Waals surface area (Å²) in [7, 11) is 1.83. The van der Waals surface area contributed by atoms with Crippen LogP contribution in [0.1, 0.15) is 28.0 Å². The van der Waals surface area contributed by atoms with E-state index < -0.39 is 0 Å². The highest BCUT2D eigenvalue weighted by atomic mass is 32.1. The van der Waals surface area contributed by atoms with Crippen molar-refractivity contribution in [2.24, 2.45) is 0 Å². The molecular weight excluding hydrogens is 382 g/mol. The summed E-state index contributed by atoms with van der Waals surface area (Å²) in [6.07, 6.45) is 7.05. The first-order valence-corrected chi connectivity index (χ1v) is 10.5. The van der Waals surface area contributed by atoms with Crippen molar-refractivity contribution in [2.75, 3.05) is 18.9 Å². The highest BCUT2D eigenvalue weighted by molar-refractivity contribution is 7.19. The number of fused-ring (bicyclic) bond motifs is 2. The Bertz CT molecular complexity index is 1120. The number of anilines is 1. The monoisotopic (exact) mass is 405 g/mol. The second-order valence-corrected chi connectivity index (χ2v) is 8.45. The number of nitrogens with one attached hydrogen (secondary N) is 1. The van der Waals surface area contributed by atoms with Crippen molar-refractivity contribution < 1.29 is 9.59 Å². The molecule has 0 bridgehead atoms. The summed E-state index contributed by atoms with van der Waals surface area (Å²) in [6.45, 7) is 2.83. The molecule has 3 heterocycles. The summed E-state index contributed by atoms with van der Waals surface area (Å²) in [5.74, 6) is 0.592. The van der Waals surface area contributed by atoms with Gasteiger partial charge in [0.2, 0.25) is 11.8 Å². The number of pyridine rings is 1. The lowest BCUT2D eigenvalue weighted by molar-refractivity contribution is -0.124. The minimum atomic E-state index is -0.0326. The number of aryl methyl sites for hydroxylation is 2. The van der Waals surface area contributed by atoms with Crippen molar-refractivity contribution in [3.63, 3.8) is 0 Å². The molecule has 2 amide bonds. The molecule has 29 heavy (non-hydrogen) atoms. The van der Waals surface area contributed by atoms with Crippen molar-refractivity contribution in [1.29, 1.82) is 0 Å².